The Morgan fingerprint density at radius 2 is 2.04 bits per heavy atom. The van der Waals surface area contributed by atoms with E-state index >= 15 is 0 Å². The molecule has 1 aliphatic rings. The van der Waals surface area contributed by atoms with Crippen LogP contribution in [0, 0.1) is 5.92 Å². The van der Waals surface area contributed by atoms with Crippen LogP contribution in [0.4, 0.5) is 0 Å². The molecule has 0 radical (unpaired) electrons. The van der Waals surface area contributed by atoms with Gasteiger partial charge in [-0.2, -0.15) is 0 Å². The number of rotatable bonds is 5. The molecular formula is C20H23ClN2S. The van der Waals surface area contributed by atoms with E-state index in [1.807, 2.05) is 30.6 Å². The number of aromatic nitrogens is 1. The molecule has 1 aliphatic heterocycles. The lowest BCUT2D eigenvalue weighted by Gasteiger charge is -2.33. The van der Waals surface area contributed by atoms with Gasteiger partial charge in [0.05, 0.1) is 5.02 Å². The molecule has 0 amide bonds. The van der Waals surface area contributed by atoms with E-state index in [1.165, 1.54) is 18.4 Å². The van der Waals surface area contributed by atoms with E-state index in [1.54, 1.807) is 11.8 Å². The number of likely N-dealkylation sites (tertiary alicyclic amines) is 1. The number of piperidine rings is 1. The molecule has 4 heteroatoms. The SMILES string of the molecule is C=C(c1cncc(CSc2ccccc2Cl)c1)N1CCC(C)CC1. The molecule has 0 N–H and O–H groups in total. The smallest absolute Gasteiger partial charge is 0.0541 e. The molecule has 0 unspecified atom stereocenters. The third-order valence-corrected chi connectivity index (χ3v) is 6.11. The monoisotopic (exact) mass is 358 g/mol. The zero-order valence-corrected chi connectivity index (χ0v) is 15.6. The predicted octanol–water partition coefficient (Wildman–Crippen LogP) is 5.73. The second kappa shape index (κ2) is 8.09. The third-order valence-electron chi connectivity index (χ3n) is 4.52. The fraction of sp³-hybridized carbons (Fsp3) is 0.350. The molecule has 1 saturated heterocycles. The van der Waals surface area contributed by atoms with Crippen LogP contribution in [-0.2, 0) is 5.75 Å². The molecule has 0 saturated carbocycles. The van der Waals surface area contributed by atoms with Crippen LogP contribution in [-0.4, -0.2) is 23.0 Å². The quantitative estimate of drug-likeness (QED) is 0.635. The van der Waals surface area contributed by atoms with E-state index in [-0.39, 0.29) is 0 Å². The first-order valence-electron chi connectivity index (χ1n) is 8.39. The molecule has 126 valence electrons. The highest BCUT2D eigenvalue weighted by atomic mass is 35.5. The maximum atomic E-state index is 6.23. The molecule has 1 aromatic heterocycles. The number of halogens is 1. The molecule has 0 spiro atoms. The van der Waals surface area contributed by atoms with Crippen molar-refractivity contribution < 1.29 is 0 Å². The average Bonchev–Trinajstić information content (AvgIpc) is 2.61. The molecule has 0 aliphatic carbocycles. The minimum atomic E-state index is 0.804. The van der Waals surface area contributed by atoms with Gasteiger partial charge in [-0.25, -0.2) is 0 Å². The maximum Gasteiger partial charge on any atom is 0.0541 e. The normalized spacial score (nSPS) is 15.5. The molecular weight excluding hydrogens is 336 g/mol. The first-order valence-corrected chi connectivity index (χ1v) is 9.75. The lowest BCUT2D eigenvalue weighted by atomic mass is 9.98. The van der Waals surface area contributed by atoms with Crippen molar-refractivity contribution in [1.82, 2.24) is 9.88 Å². The summed E-state index contributed by atoms with van der Waals surface area (Å²) in [5.41, 5.74) is 3.42. The van der Waals surface area contributed by atoms with Crippen molar-refractivity contribution in [3.05, 3.63) is 65.5 Å². The summed E-state index contributed by atoms with van der Waals surface area (Å²) in [7, 11) is 0. The summed E-state index contributed by atoms with van der Waals surface area (Å²) in [5.74, 6) is 1.68. The Kier molecular flexibility index (Phi) is 5.85. The van der Waals surface area contributed by atoms with Gasteiger partial charge in [-0.15, -0.1) is 11.8 Å². The van der Waals surface area contributed by atoms with Crippen LogP contribution < -0.4 is 0 Å². The molecule has 0 bridgehead atoms. The van der Waals surface area contributed by atoms with Crippen LogP contribution in [0.5, 0.6) is 0 Å². The third kappa shape index (κ3) is 4.34. The summed E-state index contributed by atoms with van der Waals surface area (Å²) in [6.07, 6.45) is 6.34. The fourth-order valence-electron chi connectivity index (χ4n) is 2.91. The summed E-state index contributed by atoms with van der Waals surface area (Å²) in [6, 6.07) is 10.2. The topological polar surface area (TPSA) is 16.1 Å². The highest BCUT2D eigenvalue weighted by Crippen LogP contribution is 2.30. The molecule has 2 heterocycles. The van der Waals surface area contributed by atoms with Crippen LogP contribution in [0.15, 0.2) is 54.2 Å². The van der Waals surface area contributed by atoms with Gasteiger partial charge in [0.15, 0.2) is 0 Å². The van der Waals surface area contributed by atoms with Crippen molar-refractivity contribution in [2.75, 3.05) is 13.1 Å². The second-order valence-corrected chi connectivity index (χ2v) is 7.84. The van der Waals surface area contributed by atoms with Crippen molar-refractivity contribution in [3.8, 4) is 0 Å². The van der Waals surface area contributed by atoms with E-state index in [4.69, 9.17) is 11.6 Å². The molecule has 1 aromatic carbocycles. The fourth-order valence-corrected chi connectivity index (χ4v) is 4.07. The average molecular weight is 359 g/mol. The number of hydrogen-bond acceptors (Lipinski definition) is 3. The van der Waals surface area contributed by atoms with Gasteiger partial charge in [0.2, 0.25) is 0 Å². The van der Waals surface area contributed by atoms with Crippen molar-refractivity contribution in [1.29, 1.82) is 0 Å². The Hall–Kier alpha value is -1.45. The van der Waals surface area contributed by atoms with Gasteiger partial charge in [-0.1, -0.05) is 37.2 Å². The summed E-state index contributed by atoms with van der Waals surface area (Å²) in [5, 5.41) is 0.804. The zero-order chi connectivity index (χ0) is 16.9. The largest absolute Gasteiger partial charge is 0.371 e. The number of benzene rings is 1. The summed E-state index contributed by atoms with van der Waals surface area (Å²) in [6.45, 7) is 8.82. The van der Waals surface area contributed by atoms with Crippen LogP contribution >= 0.6 is 23.4 Å². The number of hydrogen-bond donors (Lipinski definition) is 0. The Bertz CT molecular complexity index is 708. The Balaban J connectivity index is 1.65. The van der Waals surface area contributed by atoms with Crippen LogP contribution in [0.2, 0.25) is 5.02 Å². The van der Waals surface area contributed by atoms with Crippen molar-refractivity contribution in [3.63, 3.8) is 0 Å². The molecule has 2 nitrogen and oxygen atoms in total. The number of thioether (sulfide) groups is 1. The van der Waals surface area contributed by atoms with Gasteiger partial charge in [0.1, 0.15) is 0 Å². The van der Waals surface area contributed by atoms with Crippen molar-refractivity contribution in [2.45, 2.75) is 30.4 Å². The standard InChI is InChI=1S/C20H23ClN2S/c1-15-7-9-23(10-8-15)16(2)18-11-17(12-22-13-18)14-24-20-6-4-3-5-19(20)21/h3-6,11-13,15H,2,7-10,14H2,1H3. The summed E-state index contributed by atoms with van der Waals surface area (Å²) < 4.78 is 0. The van der Waals surface area contributed by atoms with Gasteiger partial charge in [-0.3, -0.25) is 4.98 Å². The van der Waals surface area contributed by atoms with Gasteiger partial charge in [-0.05, 0) is 42.5 Å². The van der Waals surface area contributed by atoms with Crippen LogP contribution in [0.25, 0.3) is 5.70 Å². The molecule has 2 aromatic rings. The Morgan fingerprint density at radius 3 is 2.79 bits per heavy atom. The maximum absolute atomic E-state index is 6.23. The minimum Gasteiger partial charge on any atom is -0.371 e. The predicted molar refractivity (Wildman–Crippen MR) is 104 cm³/mol. The summed E-state index contributed by atoms with van der Waals surface area (Å²) >= 11 is 7.97. The van der Waals surface area contributed by atoms with E-state index in [9.17, 15) is 0 Å². The highest BCUT2D eigenvalue weighted by Gasteiger charge is 2.18. The number of nitrogens with zero attached hydrogens (tertiary/aromatic N) is 2. The van der Waals surface area contributed by atoms with E-state index < -0.39 is 0 Å². The van der Waals surface area contributed by atoms with Gasteiger partial charge in [0, 0.05) is 47.4 Å². The zero-order valence-electron chi connectivity index (χ0n) is 14.0. The Morgan fingerprint density at radius 1 is 1.29 bits per heavy atom. The van der Waals surface area contributed by atoms with Crippen molar-refractivity contribution >= 4 is 29.1 Å². The molecule has 24 heavy (non-hydrogen) atoms. The first kappa shape index (κ1) is 17.4. The lowest BCUT2D eigenvalue weighted by Crippen LogP contribution is -2.31. The lowest BCUT2D eigenvalue weighted by molar-refractivity contribution is 0.268. The van der Waals surface area contributed by atoms with Gasteiger partial charge in [0.25, 0.3) is 0 Å². The molecule has 1 fully saturated rings. The first-order chi connectivity index (χ1) is 11.6. The van der Waals surface area contributed by atoms with Crippen molar-refractivity contribution in [2.24, 2.45) is 5.92 Å². The second-order valence-electron chi connectivity index (χ2n) is 6.42. The molecule has 0 atom stereocenters. The minimum absolute atomic E-state index is 0.804. The Labute approximate surface area is 153 Å². The van der Waals surface area contributed by atoms with Gasteiger partial charge >= 0.3 is 0 Å². The van der Waals surface area contributed by atoms with Crippen LogP contribution in [0.1, 0.15) is 30.9 Å². The molecule has 3 rings (SSSR count). The van der Waals surface area contributed by atoms with E-state index in [0.717, 1.165) is 45.9 Å². The van der Waals surface area contributed by atoms with Gasteiger partial charge < -0.3 is 4.90 Å². The number of pyridine rings is 1. The highest BCUT2D eigenvalue weighted by molar-refractivity contribution is 7.98. The van der Waals surface area contributed by atoms with E-state index in [2.05, 4.69) is 35.5 Å². The van der Waals surface area contributed by atoms with E-state index in [0.29, 0.717) is 0 Å². The van der Waals surface area contributed by atoms with Crippen LogP contribution in [0.3, 0.4) is 0 Å². The summed E-state index contributed by atoms with van der Waals surface area (Å²) in [4.78, 5) is 7.91.